The average molecular weight is 432 g/mol. The first-order chi connectivity index (χ1) is 15.1. The Morgan fingerprint density at radius 1 is 0.774 bits per heavy atom. The molecule has 0 atom stereocenters. The van der Waals surface area contributed by atoms with E-state index in [1.54, 1.807) is 18.9 Å². The quantitative estimate of drug-likeness (QED) is 0.332. The Hall–Kier alpha value is -3.25. The highest BCUT2D eigenvalue weighted by molar-refractivity contribution is 7.98. The molecule has 0 N–H and O–H groups in total. The molecule has 5 nitrogen and oxygen atoms in total. The van der Waals surface area contributed by atoms with Gasteiger partial charge < -0.3 is 9.47 Å². The summed E-state index contributed by atoms with van der Waals surface area (Å²) < 4.78 is 13.3. The van der Waals surface area contributed by atoms with E-state index in [1.165, 1.54) is 16.7 Å². The van der Waals surface area contributed by atoms with Crippen molar-refractivity contribution in [3.05, 3.63) is 95.3 Å². The molecule has 1 heterocycles. The molecule has 0 fully saturated rings. The van der Waals surface area contributed by atoms with Crippen LogP contribution in [0.3, 0.4) is 0 Å². The van der Waals surface area contributed by atoms with Crippen LogP contribution in [0.5, 0.6) is 11.5 Å². The maximum Gasteiger partial charge on any atom is 0.196 e. The molecule has 4 rings (SSSR count). The topological polar surface area (TPSA) is 49.2 Å². The summed E-state index contributed by atoms with van der Waals surface area (Å²) in [6, 6.07) is 24.5. The van der Waals surface area contributed by atoms with E-state index in [0.29, 0.717) is 6.61 Å². The van der Waals surface area contributed by atoms with Crippen LogP contribution in [-0.4, -0.2) is 21.9 Å². The molecule has 1 aromatic heterocycles. The molecule has 6 heteroatoms. The predicted octanol–water partition coefficient (Wildman–Crippen LogP) is 5.76. The number of hydrogen-bond acceptors (Lipinski definition) is 5. The lowest BCUT2D eigenvalue weighted by atomic mass is 10.2. The van der Waals surface area contributed by atoms with Gasteiger partial charge in [-0.15, -0.1) is 10.2 Å². The van der Waals surface area contributed by atoms with Crippen molar-refractivity contribution in [2.75, 3.05) is 7.11 Å². The summed E-state index contributed by atoms with van der Waals surface area (Å²) >= 11 is 1.66. The molecule has 0 aliphatic carbocycles. The molecular formula is C25H25N3O2S. The number of hydrogen-bond donors (Lipinski definition) is 0. The number of aromatic nitrogens is 3. The third-order valence-corrected chi connectivity index (χ3v) is 5.91. The summed E-state index contributed by atoms with van der Waals surface area (Å²) in [6.07, 6.45) is 0. The van der Waals surface area contributed by atoms with Crippen molar-refractivity contribution in [2.45, 2.75) is 31.4 Å². The van der Waals surface area contributed by atoms with Gasteiger partial charge >= 0.3 is 0 Å². The van der Waals surface area contributed by atoms with Crippen molar-refractivity contribution in [3.63, 3.8) is 0 Å². The highest BCUT2D eigenvalue weighted by Gasteiger charge is 2.15. The standard InChI is InChI=1S/C25H25N3O2S/c1-18-4-8-20(9-5-18)17-31-25-27-26-24(16-30-23-12-6-19(2)7-13-23)28(25)21-10-14-22(29-3)15-11-21/h4-15H,16-17H2,1-3H3. The molecule has 0 saturated carbocycles. The first-order valence-corrected chi connectivity index (χ1v) is 11.1. The number of benzene rings is 3. The van der Waals surface area contributed by atoms with Gasteiger partial charge in [-0.25, -0.2) is 0 Å². The normalized spacial score (nSPS) is 10.8. The zero-order chi connectivity index (χ0) is 21.6. The third-order valence-electron chi connectivity index (χ3n) is 4.91. The Bertz CT molecular complexity index is 1050. The maximum atomic E-state index is 5.99. The molecule has 0 radical (unpaired) electrons. The molecule has 0 amide bonds. The molecular weight excluding hydrogens is 406 g/mol. The smallest absolute Gasteiger partial charge is 0.196 e. The number of ether oxygens (including phenoxy) is 2. The third kappa shape index (κ3) is 5.27. The Balaban J connectivity index is 1.58. The van der Waals surface area contributed by atoms with Crippen molar-refractivity contribution >= 4 is 11.8 Å². The van der Waals surface area contributed by atoms with E-state index in [9.17, 15) is 0 Å². The first kappa shape index (κ1) is 21.0. The Kier molecular flexibility index (Phi) is 6.57. The molecule has 0 spiro atoms. The minimum Gasteiger partial charge on any atom is -0.497 e. The molecule has 4 aromatic rings. The summed E-state index contributed by atoms with van der Waals surface area (Å²) in [7, 11) is 1.66. The van der Waals surface area contributed by atoms with Crippen LogP contribution in [0.1, 0.15) is 22.5 Å². The Labute approximate surface area is 187 Å². The summed E-state index contributed by atoms with van der Waals surface area (Å²) in [6.45, 7) is 4.48. The second-order valence-electron chi connectivity index (χ2n) is 7.31. The lowest BCUT2D eigenvalue weighted by Crippen LogP contribution is -2.06. The van der Waals surface area contributed by atoms with Gasteiger partial charge in [0.1, 0.15) is 18.1 Å². The molecule has 0 aliphatic rings. The van der Waals surface area contributed by atoms with Crippen LogP contribution in [0.2, 0.25) is 0 Å². The zero-order valence-electron chi connectivity index (χ0n) is 17.9. The van der Waals surface area contributed by atoms with Gasteiger partial charge in [-0.05, 0) is 55.8 Å². The van der Waals surface area contributed by atoms with Crippen molar-refractivity contribution in [1.29, 1.82) is 0 Å². The van der Waals surface area contributed by atoms with Crippen molar-refractivity contribution in [1.82, 2.24) is 14.8 Å². The zero-order valence-corrected chi connectivity index (χ0v) is 18.7. The Morgan fingerprint density at radius 3 is 2.03 bits per heavy atom. The van der Waals surface area contributed by atoms with E-state index in [1.807, 2.05) is 53.1 Å². The molecule has 0 bridgehead atoms. The van der Waals surface area contributed by atoms with Crippen molar-refractivity contribution in [2.24, 2.45) is 0 Å². The summed E-state index contributed by atoms with van der Waals surface area (Å²) in [5.74, 6) is 3.18. The minimum absolute atomic E-state index is 0.327. The second kappa shape index (κ2) is 9.71. The monoisotopic (exact) mass is 431 g/mol. The minimum atomic E-state index is 0.327. The van der Waals surface area contributed by atoms with Gasteiger partial charge in [0, 0.05) is 11.4 Å². The van der Waals surface area contributed by atoms with Gasteiger partial charge in [-0.3, -0.25) is 4.57 Å². The van der Waals surface area contributed by atoms with Crippen LogP contribution in [0.4, 0.5) is 0 Å². The van der Waals surface area contributed by atoms with Crippen LogP contribution < -0.4 is 9.47 Å². The van der Waals surface area contributed by atoms with Gasteiger partial charge in [-0.2, -0.15) is 0 Å². The van der Waals surface area contributed by atoms with Gasteiger partial charge in [0.2, 0.25) is 0 Å². The fourth-order valence-electron chi connectivity index (χ4n) is 3.09. The van der Waals surface area contributed by atoms with E-state index < -0.39 is 0 Å². The van der Waals surface area contributed by atoms with Crippen LogP contribution >= 0.6 is 11.8 Å². The average Bonchev–Trinajstić information content (AvgIpc) is 3.21. The number of aryl methyl sites for hydroxylation is 2. The van der Waals surface area contributed by atoms with E-state index in [-0.39, 0.29) is 0 Å². The number of methoxy groups -OCH3 is 1. The first-order valence-electron chi connectivity index (χ1n) is 10.1. The molecule has 3 aromatic carbocycles. The fourth-order valence-corrected chi connectivity index (χ4v) is 4.02. The molecule has 0 aliphatic heterocycles. The van der Waals surface area contributed by atoms with E-state index >= 15 is 0 Å². The van der Waals surface area contributed by atoms with Gasteiger partial charge in [0.15, 0.2) is 11.0 Å². The molecule has 31 heavy (non-hydrogen) atoms. The Morgan fingerprint density at radius 2 is 1.39 bits per heavy atom. The maximum absolute atomic E-state index is 5.99. The van der Waals surface area contributed by atoms with E-state index in [0.717, 1.165) is 33.9 Å². The highest BCUT2D eigenvalue weighted by Crippen LogP contribution is 2.27. The van der Waals surface area contributed by atoms with Crippen LogP contribution in [0.25, 0.3) is 5.69 Å². The van der Waals surface area contributed by atoms with Crippen LogP contribution in [0, 0.1) is 13.8 Å². The van der Waals surface area contributed by atoms with Crippen LogP contribution in [-0.2, 0) is 12.4 Å². The predicted molar refractivity (Wildman–Crippen MR) is 124 cm³/mol. The SMILES string of the molecule is COc1ccc(-n2c(COc3ccc(C)cc3)nnc2SCc2ccc(C)cc2)cc1. The van der Waals surface area contributed by atoms with Gasteiger partial charge in [0.25, 0.3) is 0 Å². The number of nitrogens with zero attached hydrogens (tertiary/aromatic N) is 3. The lowest BCUT2D eigenvalue weighted by molar-refractivity contribution is 0.292. The van der Waals surface area contributed by atoms with E-state index in [2.05, 4.69) is 48.3 Å². The second-order valence-corrected chi connectivity index (χ2v) is 8.25. The largest absolute Gasteiger partial charge is 0.497 e. The highest BCUT2D eigenvalue weighted by atomic mass is 32.2. The molecule has 158 valence electrons. The fraction of sp³-hybridized carbons (Fsp3) is 0.200. The summed E-state index contributed by atoms with van der Waals surface area (Å²) in [5, 5.41) is 9.72. The van der Waals surface area contributed by atoms with Gasteiger partial charge in [0.05, 0.1) is 7.11 Å². The summed E-state index contributed by atoms with van der Waals surface area (Å²) in [4.78, 5) is 0. The molecule has 0 unspecified atom stereocenters. The van der Waals surface area contributed by atoms with Crippen molar-refractivity contribution < 1.29 is 9.47 Å². The number of rotatable bonds is 8. The van der Waals surface area contributed by atoms with E-state index in [4.69, 9.17) is 9.47 Å². The van der Waals surface area contributed by atoms with Gasteiger partial charge in [-0.1, -0.05) is 59.3 Å². The van der Waals surface area contributed by atoms with Crippen molar-refractivity contribution in [3.8, 4) is 17.2 Å². The number of thioether (sulfide) groups is 1. The van der Waals surface area contributed by atoms with Crippen LogP contribution in [0.15, 0.2) is 78.0 Å². The molecule has 0 saturated heterocycles. The lowest BCUT2D eigenvalue weighted by Gasteiger charge is -2.12. The summed E-state index contributed by atoms with van der Waals surface area (Å²) in [5.41, 5.74) is 4.67.